The first kappa shape index (κ1) is 21.1. The van der Waals surface area contributed by atoms with Crippen molar-refractivity contribution in [1.82, 2.24) is 9.56 Å². The molecule has 0 spiro atoms. The smallest absolute Gasteiger partial charge is 0.287 e. The number of carbonyl (C=O) groups is 1. The van der Waals surface area contributed by atoms with E-state index in [9.17, 15) is 14.0 Å². The molecule has 0 radical (unpaired) electrons. The molecule has 0 fully saturated rings. The molecule has 2 heterocycles. The molecule has 0 atom stereocenters. The van der Waals surface area contributed by atoms with Crippen molar-refractivity contribution in [1.29, 1.82) is 0 Å². The fraction of sp³-hybridized carbons (Fsp3) is 0.174. The van der Waals surface area contributed by atoms with Gasteiger partial charge in [0.15, 0.2) is 23.8 Å². The average Bonchev–Trinajstić information content (AvgIpc) is 3.13. The van der Waals surface area contributed by atoms with Gasteiger partial charge in [0.2, 0.25) is 0 Å². The van der Waals surface area contributed by atoms with E-state index in [2.05, 4.69) is 10.3 Å². The van der Waals surface area contributed by atoms with Gasteiger partial charge in [-0.1, -0.05) is 18.2 Å². The van der Waals surface area contributed by atoms with Crippen molar-refractivity contribution < 1.29 is 23.2 Å². The Kier molecular flexibility index (Phi) is 5.89. The summed E-state index contributed by atoms with van der Waals surface area (Å²) in [7, 11) is 0. The molecule has 0 aliphatic heterocycles. The Labute approximate surface area is 182 Å². The molecule has 0 saturated carbocycles. The van der Waals surface area contributed by atoms with Gasteiger partial charge in [0, 0.05) is 12.1 Å². The van der Waals surface area contributed by atoms with Crippen molar-refractivity contribution in [2.75, 3.05) is 11.9 Å². The van der Waals surface area contributed by atoms with E-state index in [4.69, 9.17) is 14.0 Å². The number of aromatic nitrogens is 2. The monoisotopic (exact) mass is 437 g/mol. The summed E-state index contributed by atoms with van der Waals surface area (Å²) in [4.78, 5) is 28.9. The predicted octanol–water partition coefficient (Wildman–Crippen LogP) is 3.64. The van der Waals surface area contributed by atoms with Crippen molar-refractivity contribution in [2.45, 2.75) is 20.5 Å². The maximum atomic E-state index is 13.7. The molecule has 0 unspecified atom stereocenters. The fourth-order valence-corrected chi connectivity index (χ4v) is 3.06. The third-order valence-corrected chi connectivity index (χ3v) is 4.50. The molecule has 4 aromatic rings. The summed E-state index contributed by atoms with van der Waals surface area (Å²) in [6.07, 6.45) is 0. The Morgan fingerprint density at radius 1 is 1.09 bits per heavy atom. The molecular formula is C23H20FN3O5. The van der Waals surface area contributed by atoms with Crippen molar-refractivity contribution in [3.63, 3.8) is 0 Å². The highest BCUT2D eigenvalue weighted by molar-refractivity contribution is 5.93. The van der Waals surface area contributed by atoms with Gasteiger partial charge in [-0.15, -0.1) is 4.57 Å². The Hall–Kier alpha value is -4.14. The summed E-state index contributed by atoms with van der Waals surface area (Å²) in [6.45, 7) is 3.23. The number of para-hydroxylation sites is 1. The molecule has 1 N–H and O–H groups in total. The fourth-order valence-electron chi connectivity index (χ4n) is 3.06. The van der Waals surface area contributed by atoms with E-state index in [-0.39, 0.29) is 24.5 Å². The Balaban J connectivity index is 1.45. The van der Waals surface area contributed by atoms with E-state index >= 15 is 0 Å². The van der Waals surface area contributed by atoms with Gasteiger partial charge in [0.25, 0.3) is 11.5 Å². The molecule has 2 aromatic carbocycles. The highest BCUT2D eigenvalue weighted by Crippen LogP contribution is 2.26. The number of rotatable bonds is 7. The Morgan fingerprint density at radius 2 is 1.91 bits per heavy atom. The number of anilines is 1. The van der Waals surface area contributed by atoms with Crippen molar-refractivity contribution in [2.24, 2.45) is 0 Å². The number of aryl methyl sites for hydroxylation is 2. The second kappa shape index (κ2) is 8.93. The van der Waals surface area contributed by atoms with Crippen molar-refractivity contribution in [3.8, 4) is 11.5 Å². The summed E-state index contributed by atoms with van der Waals surface area (Å²) in [5, 5.41) is 2.71. The molecule has 8 nitrogen and oxygen atoms in total. The van der Waals surface area contributed by atoms with E-state index < -0.39 is 11.7 Å². The number of amides is 1. The van der Waals surface area contributed by atoms with Crippen LogP contribution in [0.4, 0.5) is 10.1 Å². The minimum atomic E-state index is -0.548. The lowest BCUT2D eigenvalue weighted by molar-refractivity contribution is -0.118. The summed E-state index contributed by atoms with van der Waals surface area (Å²) in [6, 6.07) is 14.1. The molecule has 1 amide bonds. The molecule has 4 rings (SSSR count). The number of nitrogens with zero attached hydrogens (tertiary/aromatic N) is 2. The van der Waals surface area contributed by atoms with Crippen LogP contribution in [0.15, 0.2) is 63.9 Å². The maximum Gasteiger partial charge on any atom is 0.287 e. The van der Waals surface area contributed by atoms with Crippen molar-refractivity contribution >= 4 is 17.2 Å². The van der Waals surface area contributed by atoms with Gasteiger partial charge in [-0.3, -0.25) is 9.59 Å². The van der Waals surface area contributed by atoms with E-state index in [1.807, 2.05) is 13.0 Å². The van der Waals surface area contributed by atoms with Crippen LogP contribution in [0, 0.1) is 19.7 Å². The zero-order chi connectivity index (χ0) is 22.7. The van der Waals surface area contributed by atoms with E-state index in [1.165, 1.54) is 24.3 Å². The first-order chi connectivity index (χ1) is 15.4. The highest BCUT2D eigenvalue weighted by atomic mass is 19.1. The Morgan fingerprint density at radius 3 is 2.72 bits per heavy atom. The van der Waals surface area contributed by atoms with Crippen LogP contribution in [0.3, 0.4) is 0 Å². The molecule has 0 aliphatic carbocycles. The topological polar surface area (TPSA) is 95.1 Å². The van der Waals surface area contributed by atoms with Gasteiger partial charge in [0.05, 0.1) is 11.4 Å². The van der Waals surface area contributed by atoms with Crippen LogP contribution in [0.1, 0.15) is 17.0 Å². The number of carbonyl (C=O) groups excluding carboxylic acids is 1. The minimum absolute atomic E-state index is 0.00757. The van der Waals surface area contributed by atoms with Gasteiger partial charge in [-0.05, 0) is 43.7 Å². The zero-order valence-corrected chi connectivity index (χ0v) is 17.4. The lowest BCUT2D eigenvalue weighted by atomic mass is 10.2. The highest BCUT2D eigenvalue weighted by Gasteiger charge is 2.12. The second-order valence-electron chi connectivity index (χ2n) is 7.14. The van der Waals surface area contributed by atoms with Crippen LogP contribution in [-0.2, 0) is 11.4 Å². The summed E-state index contributed by atoms with van der Waals surface area (Å²) >= 11 is 0. The lowest BCUT2D eigenvalue weighted by Crippen LogP contribution is -2.21. The van der Waals surface area contributed by atoms with Gasteiger partial charge in [0.1, 0.15) is 18.1 Å². The van der Waals surface area contributed by atoms with Crippen LogP contribution in [-0.4, -0.2) is 22.1 Å². The van der Waals surface area contributed by atoms with Gasteiger partial charge < -0.3 is 19.3 Å². The zero-order valence-electron chi connectivity index (χ0n) is 17.4. The minimum Gasteiger partial charge on any atom is -0.485 e. The number of halogens is 1. The third kappa shape index (κ3) is 4.77. The molecule has 0 bridgehead atoms. The third-order valence-electron chi connectivity index (χ3n) is 4.50. The molecule has 9 heteroatoms. The molecule has 164 valence electrons. The Bertz CT molecular complexity index is 1350. The molecule has 0 saturated heterocycles. The van der Waals surface area contributed by atoms with Gasteiger partial charge in [-0.25, -0.2) is 9.37 Å². The molecule has 2 aromatic heterocycles. The van der Waals surface area contributed by atoms with Crippen LogP contribution in [0.2, 0.25) is 0 Å². The van der Waals surface area contributed by atoms with Crippen LogP contribution in [0.5, 0.6) is 11.5 Å². The largest absolute Gasteiger partial charge is 0.485 e. The summed E-state index contributed by atoms with van der Waals surface area (Å²) < 4.78 is 31.1. The number of hydrogen-bond acceptors (Lipinski definition) is 6. The predicted molar refractivity (Wildman–Crippen MR) is 115 cm³/mol. The normalized spacial score (nSPS) is 10.8. The summed E-state index contributed by atoms with van der Waals surface area (Å²) in [5.74, 6) is -0.0805. The molecular weight excluding hydrogens is 417 g/mol. The number of ether oxygens (including phenoxy) is 2. The number of fused-ring (bicyclic) bond motifs is 1. The van der Waals surface area contributed by atoms with E-state index in [0.29, 0.717) is 28.5 Å². The van der Waals surface area contributed by atoms with E-state index in [0.717, 1.165) is 10.1 Å². The van der Waals surface area contributed by atoms with Crippen molar-refractivity contribution in [3.05, 3.63) is 87.8 Å². The van der Waals surface area contributed by atoms with E-state index in [1.54, 1.807) is 31.2 Å². The van der Waals surface area contributed by atoms with Gasteiger partial charge in [-0.2, -0.15) is 0 Å². The van der Waals surface area contributed by atoms with Crippen LogP contribution in [0.25, 0.3) is 5.65 Å². The van der Waals surface area contributed by atoms with Crippen LogP contribution >= 0.6 is 0 Å². The molecule has 32 heavy (non-hydrogen) atoms. The summed E-state index contributed by atoms with van der Waals surface area (Å²) in [5.41, 5.74) is 1.76. The first-order valence-corrected chi connectivity index (χ1v) is 9.79. The number of nitrogens with one attached hydrogen (secondary N) is 1. The quantitative estimate of drug-likeness (QED) is 0.474. The lowest BCUT2D eigenvalue weighted by Gasteiger charge is -2.14. The van der Waals surface area contributed by atoms with Crippen LogP contribution < -0.4 is 20.3 Å². The van der Waals surface area contributed by atoms with Gasteiger partial charge >= 0.3 is 0 Å². The first-order valence-electron chi connectivity index (χ1n) is 9.79. The number of benzene rings is 2. The SMILES string of the molecule is Cc1ccc(OCc2cc(=O)n3oc(C)cc3n2)c(NC(=O)COc2ccccc2F)c1. The standard InChI is InChI=1S/C23H20FN3O5/c1-14-7-8-20(30-12-16-11-23(29)27-21(25-16)10-15(2)32-27)18(9-14)26-22(28)13-31-19-6-4-3-5-17(19)24/h3-11H,12-13H2,1-2H3,(H,26,28). The maximum absolute atomic E-state index is 13.7. The molecule has 0 aliphatic rings. The second-order valence-corrected chi connectivity index (χ2v) is 7.14. The average molecular weight is 437 g/mol. The number of hydrogen-bond donors (Lipinski definition) is 1.